The lowest BCUT2D eigenvalue weighted by Crippen LogP contribution is -2.25. The van der Waals surface area contributed by atoms with Crippen LogP contribution in [0.25, 0.3) is 0 Å². The Morgan fingerprint density at radius 2 is 2.25 bits per heavy atom. The molecular weight excluding hydrogens is 278 g/mol. The highest BCUT2D eigenvalue weighted by atomic mass is 32.1. The summed E-state index contributed by atoms with van der Waals surface area (Å²) in [4.78, 5) is 23.1. The zero-order valence-electron chi connectivity index (χ0n) is 10.9. The molecule has 0 saturated carbocycles. The quantitative estimate of drug-likeness (QED) is 0.861. The maximum absolute atomic E-state index is 11.6. The van der Waals surface area contributed by atoms with Gasteiger partial charge in [-0.05, 0) is 24.8 Å². The highest BCUT2D eigenvalue weighted by Crippen LogP contribution is 2.25. The summed E-state index contributed by atoms with van der Waals surface area (Å²) in [6.07, 6.45) is 1.19. The number of carbonyl (C=O) groups is 2. The van der Waals surface area contributed by atoms with E-state index in [0.717, 1.165) is 4.88 Å². The van der Waals surface area contributed by atoms with Crippen molar-refractivity contribution >= 4 is 29.0 Å². The number of carbonyl (C=O) groups excluding carboxylic acids is 2. The number of rotatable bonds is 6. The number of hydrogen-bond donors (Lipinski definition) is 1. The summed E-state index contributed by atoms with van der Waals surface area (Å²) >= 11 is 1.61. The van der Waals surface area contributed by atoms with Gasteiger partial charge >= 0.3 is 0 Å². The molecule has 2 rings (SSSR count). The normalized spacial score (nSPS) is 12.1. The molecule has 0 aromatic carbocycles. The molecule has 7 heteroatoms. The summed E-state index contributed by atoms with van der Waals surface area (Å²) in [5, 5.41) is 19.2. The molecule has 2 heterocycles. The number of aliphatic carboxylic acids is 1. The first kappa shape index (κ1) is 14.3. The number of amides is 1. The molecule has 0 fully saturated rings. The second-order valence-corrected chi connectivity index (χ2v) is 5.25. The van der Waals surface area contributed by atoms with Gasteiger partial charge in [0.15, 0.2) is 0 Å². The summed E-state index contributed by atoms with van der Waals surface area (Å²) in [5.41, 5.74) is 0. The van der Waals surface area contributed by atoms with Crippen LogP contribution in [0.3, 0.4) is 0 Å². The monoisotopic (exact) mass is 292 g/mol. The smallest absolute Gasteiger partial charge is 0.225 e. The number of nitrogens with zero attached hydrogens (tertiary/aromatic N) is 2. The Morgan fingerprint density at radius 3 is 2.90 bits per heavy atom. The fourth-order valence-corrected chi connectivity index (χ4v) is 2.56. The Kier molecular flexibility index (Phi) is 4.52. The summed E-state index contributed by atoms with van der Waals surface area (Å²) in [5.74, 6) is -1.05. The van der Waals surface area contributed by atoms with Gasteiger partial charge in [-0.2, -0.15) is 5.10 Å². The molecule has 6 nitrogen and oxygen atoms in total. The fraction of sp³-hybridized carbons (Fsp3) is 0.308. The average Bonchev–Trinajstić information content (AvgIpc) is 3.06. The van der Waals surface area contributed by atoms with Crippen LogP contribution in [0.4, 0.5) is 5.82 Å². The summed E-state index contributed by atoms with van der Waals surface area (Å²) in [6, 6.07) is 5.64. The van der Waals surface area contributed by atoms with Crippen LogP contribution in [0.15, 0.2) is 29.8 Å². The number of hydrogen-bond acceptors (Lipinski definition) is 5. The van der Waals surface area contributed by atoms with Crippen LogP contribution in [0.1, 0.15) is 30.7 Å². The molecule has 0 spiro atoms. The van der Waals surface area contributed by atoms with Gasteiger partial charge in [0.2, 0.25) is 5.91 Å². The number of carboxylic acids is 1. The maximum Gasteiger partial charge on any atom is 0.225 e. The van der Waals surface area contributed by atoms with E-state index in [1.54, 1.807) is 28.3 Å². The molecule has 2 aromatic rings. The van der Waals surface area contributed by atoms with E-state index in [-0.39, 0.29) is 24.8 Å². The lowest BCUT2D eigenvalue weighted by Gasteiger charge is -2.14. The van der Waals surface area contributed by atoms with Crippen LogP contribution in [0, 0.1) is 0 Å². The van der Waals surface area contributed by atoms with Crippen molar-refractivity contribution in [3.8, 4) is 0 Å². The Labute approximate surface area is 120 Å². The molecule has 0 unspecified atom stereocenters. The minimum absolute atomic E-state index is 0.00133. The van der Waals surface area contributed by atoms with Crippen molar-refractivity contribution in [3.63, 3.8) is 0 Å². The first-order valence-corrected chi connectivity index (χ1v) is 7.02. The van der Waals surface area contributed by atoms with E-state index in [1.807, 2.05) is 24.4 Å². The fourth-order valence-electron chi connectivity index (χ4n) is 1.79. The van der Waals surface area contributed by atoms with Gasteiger partial charge in [0, 0.05) is 23.3 Å². The first-order valence-electron chi connectivity index (χ1n) is 6.14. The minimum atomic E-state index is -1.24. The molecule has 1 atom stereocenters. The van der Waals surface area contributed by atoms with E-state index in [9.17, 15) is 14.7 Å². The lowest BCUT2D eigenvalue weighted by molar-refractivity contribution is -0.305. The van der Waals surface area contributed by atoms with Crippen LogP contribution >= 0.6 is 11.3 Å². The van der Waals surface area contributed by atoms with Crippen molar-refractivity contribution in [3.05, 3.63) is 34.7 Å². The van der Waals surface area contributed by atoms with Gasteiger partial charge in [-0.3, -0.25) is 4.79 Å². The Morgan fingerprint density at radius 1 is 1.45 bits per heavy atom. The van der Waals surface area contributed by atoms with E-state index in [1.165, 1.54) is 0 Å². The van der Waals surface area contributed by atoms with Crippen LogP contribution in [0.2, 0.25) is 0 Å². The molecule has 1 N–H and O–H groups in total. The van der Waals surface area contributed by atoms with Crippen LogP contribution in [-0.4, -0.2) is 21.7 Å². The van der Waals surface area contributed by atoms with Crippen molar-refractivity contribution in [1.82, 2.24) is 9.78 Å². The van der Waals surface area contributed by atoms with Gasteiger partial charge < -0.3 is 15.2 Å². The second kappa shape index (κ2) is 6.33. The van der Waals surface area contributed by atoms with Crippen LogP contribution in [0.5, 0.6) is 0 Å². The first-order chi connectivity index (χ1) is 9.58. The van der Waals surface area contributed by atoms with Crippen molar-refractivity contribution in [2.75, 3.05) is 5.32 Å². The molecule has 0 aliphatic heterocycles. The molecule has 0 radical (unpaired) electrons. The molecule has 0 aliphatic rings. The third-order valence-corrected chi connectivity index (χ3v) is 3.86. The third kappa shape index (κ3) is 3.45. The van der Waals surface area contributed by atoms with Gasteiger partial charge in [0.05, 0.1) is 12.2 Å². The van der Waals surface area contributed by atoms with Crippen molar-refractivity contribution < 1.29 is 14.7 Å². The number of nitrogens with one attached hydrogen (secondary N) is 1. The van der Waals surface area contributed by atoms with Crippen LogP contribution < -0.4 is 10.4 Å². The van der Waals surface area contributed by atoms with E-state index in [0.29, 0.717) is 5.82 Å². The predicted octanol–water partition coefficient (Wildman–Crippen LogP) is 1.02. The number of aromatic nitrogens is 2. The Bertz CT molecular complexity index is 592. The summed E-state index contributed by atoms with van der Waals surface area (Å²) < 4.78 is 1.70. The number of anilines is 1. The number of thiophene rings is 1. The van der Waals surface area contributed by atoms with Gasteiger partial charge in [0.1, 0.15) is 5.82 Å². The Hall–Kier alpha value is -2.15. The SMILES string of the molecule is C[C@H](c1cccs1)n1nccc1NC(=O)CCC(=O)[O-]. The van der Waals surface area contributed by atoms with E-state index >= 15 is 0 Å². The van der Waals surface area contributed by atoms with Crippen molar-refractivity contribution in [2.24, 2.45) is 0 Å². The third-order valence-electron chi connectivity index (χ3n) is 2.82. The summed E-state index contributed by atoms with van der Waals surface area (Å²) in [6.45, 7) is 1.98. The van der Waals surface area contributed by atoms with E-state index in [2.05, 4.69) is 10.4 Å². The number of carboxylic acid groups (broad SMARTS) is 1. The van der Waals surface area contributed by atoms with Gasteiger partial charge in [-0.25, -0.2) is 4.68 Å². The molecule has 2 aromatic heterocycles. The highest BCUT2D eigenvalue weighted by Gasteiger charge is 2.14. The van der Waals surface area contributed by atoms with Crippen molar-refractivity contribution in [1.29, 1.82) is 0 Å². The zero-order chi connectivity index (χ0) is 14.5. The minimum Gasteiger partial charge on any atom is -0.550 e. The van der Waals surface area contributed by atoms with E-state index in [4.69, 9.17) is 0 Å². The van der Waals surface area contributed by atoms with Crippen LogP contribution in [-0.2, 0) is 9.59 Å². The van der Waals surface area contributed by atoms with Crippen molar-refractivity contribution in [2.45, 2.75) is 25.8 Å². The van der Waals surface area contributed by atoms with Gasteiger partial charge in [0.25, 0.3) is 0 Å². The largest absolute Gasteiger partial charge is 0.550 e. The molecule has 0 saturated heterocycles. The molecule has 106 valence electrons. The maximum atomic E-state index is 11.6. The summed E-state index contributed by atoms with van der Waals surface area (Å²) in [7, 11) is 0. The molecule has 1 amide bonds. The topological polar surface area (TPSA) is 87.0 Å². The zero-order valence-corrected chi connectivity index (χ0v) is 11.7. The molecule has 0 bridgehead atoms. The van der Waals surface area contributed by atoms with Gasteiger partial charge in [-0.15, -0.1) is 11.3 Å². The highest BCUT2D eigenvalue weighted by molar-refractivity contribution is 7.10. The lowest BCUT2D eigenvalue weighted by atomic mass is 10.3. The molecule has 0 aliphatic carbocycles. The molecular formula is C13H14N3O3S-. The molecule has 20 heavy (non-hydrogen) atoms. The standard InChI is InChI=1S/C13H15N3O3S/c1-9(10-3-2-8-20-10)16-11(6-7-14-16)15-12(17)4-5-13(18)19/h2-3,6-9H,4-5H2,1H3,(H,15,17)(H,18,19)/p-1/t9-/m1/s1. The average molecular weight is 292 g/mol. The van der Waals surface area contributed by atoms with Gasteiger partial charge in [-0.1, -0.05) is 6.07 Å². The second-order valence-electron chi connectivity index (χ2n) is 4.27. The Balaban J connectivity index is 2.05. The predicted molar refractivity (Wildman–Crippen MR) is 73.2 cm³/mol. The van der Waals surface area contributed by atoms with E-state index < -0.39 is 5.97 Å².